The molecule has 0 aliphatic carbocycles. The number of carbonyl (C=O) groups is 3. The maximum absolute atomic E-state index is 11.2. The topological polar surface area (TPSA) is 107 Å². The molecule has 0 bridgehead atoms. The summed E-state index contributed by atoms with van der Waals surface area (Å²) >= 11 is 0. The van der Waals surface area contributed by atoms with Gasteiger partial charge < -0.3 is 28.4 Å². The van der Waals surface area contributed by atoms with Crippen molar-refractivity contribution < 1.29 is 75.5 Å². The van der Waals surface area contributed by atoms with Gasteiger partial charge in [0.25, 0.3) is 0 Å². The standard InChI is InChI=1S/C13H20O5.C10H18O4.Y/c1-9(2)12(14)17-7-6-16-8-11(5)18-13(15)10(3)4;1-8(2)10(11)14-6-5-13-7-9(3)12-4;/h11H,1,3,6-8H2,2,4-5H3;9H,1,5-7H2,2-4H3;. The number of hydrogen-bond donors (Lipinski definition) is 0. The Hall–Kier alpha value is -1.39. The minimum atomic E-state index is -0.445. The fraction of sp³-hybridized carbons (Fsp3) is 0.609. The van der Waals surface area contributed by atoms with Crippen LogP contribution in [0.2, 0.25) is 0 Å². The Morgan fingerprint density at radius 3 is 1.36 bits per heavy atom. The van der Waals surface area contributed by atoms with Crippen LogP contribution in [0.4, 0.5) is 0 Å². The summed E-state index contributed by atoms with van der Waals surface area (Å²) < 4.78 is 30.0. The van der Waals surface area contributed by atoms with Crippen LogP contribution >= 0.6 is 0 Å². The van der Waals surface area contributed by atoms with Crippen molar-refractivity contribution in [2.45, 2.75) is 46.8 Å². The summed E-state index contributed by atoms with van der Waals surface area (Å²) in [6.07, 6.45) is -0.308. The van der Waals surface area contributed by atoms with Gasteiger partial charge in [0.15, 0.2) is 0 Å². The molecule has 0 fully saturated rings. The van der Waals surface area contributed by atoms with Crippen molar-refractivity contribution in [1.82, 2.24) is 0 Å². The Labute approximate surface area is 222 Å². The van der Waals surface area contributed by atoms with Gasteiger partial charge in [0, 0.05) is 56.5 Å². The first-order valence-corrected chi connectivity index (χ1v) is 10.1. The normalized spacial score (nSPS) is 11.5. The van der Waals surface area contributed by atoms with Crippen LogP contribution in [-0.4, -0.2) is 76.9 Å². The van der Waals surface area contributed by atoms with Crippen molar-refractivity contribution in [3.05, 3.63) is 36.5 Å². The molecule has 0 rings (SSSR count). The van der Waals surface area contributed by atoms with Crippen molar-refractivity contribution in [2.24, 2.45) is 0 Å². The summed E-state index contributed by atoms with van der Waals surface area (Å²) in [5.41, 5.74) is 1.09. The van der Waals surface area contributed by atoms with E-state index in [-0.39, 0.29) is 77.3 Å². The predicted molar refractivity (Wildman–Crippen MR) is 120 cm³/mol. The van der Waals surface area contributed by atoms with E-state index in [1.807, 2.05) is 6.92 Å². The van der Waals surface area contributed by atoms with Crippen LogP contribution in [0.3, 0.4) is 0 Å². The van der Waals surface area contributed by atoms with E-state index >= 15 is 0 Å². The van der Waals surface area contributed by atoms with E-state index in [1.165, 1.54) is 0 Å². The van der Waals surface area contributed by atoms with Crippen LogP contribution in [0.15, 0.2) is 36.5 Å². The summed E-state index contributed by atoms with van der Waals surface area (Å²) in [6, 6.07) is 0. The second kappa shape index (κ2) is 22.4. The van der Waals surface area contributed by atoms with Gasteiger partial charge in [-0.3, -0.25) is 0 Å². The molecule has 0 spiro atoms. The van der Waals surface area contributed by atoms with Gasteiger partial charge in [-0.25, -0.2) is 14.4 Å². The van der Waals surface area contributed by atoms with Gasteiger partial charge >= 0.3 is 17.9 Å². The first-order chi connectivity index (χ1) is 14.9. The number of rotatable bonds is 15. The Morgan fingerprint density at radius 1 is 0.667 bits per heavy atom. The largest absolute Gasteiger partial charge is 0.460 e. The Morgan fingerprint density at radius 2 is 1.03 bits per heavy atom. The molecule has 0 aliphatic heterocycles. The van der Waals surface area contributed by atoms with Crippen LogP contribution in [0, 0.1) is 0 Å². The number of methoxy groups -OCH3 is 1. The monoisotopic (exact) mass is 547 g/mol. The molecule has 187 valence electrons. The SMILES string of the molecule is C=C(C)C(=O)OCCOCC(C)OC.C=C(C)C(=O)OCCOCC(C)OC(=O)C(=C)C.[Y]. The van der Waals surface area contributed by atoms with Gasteiger partial charge in [0.1, 0.15) is 19.3 Å². The molecule has 0 saturated heterocycles. The first-order valence-electron chi connectivity index (χ1n) is 10.1. The Bertz CT molecular complexity index is 631. The van der Waals surface area contributed by atoms with Gasteiger partial charge in [-0.1, -0.05) is 19.7 Å². The van der Waals surface area contributed by atoms with Gasteiger partial charge in [-0.15, -0.1) is 0 Å². The fourth-order valence-corrected chi connectivity index (χ4v) is 1.52. The third-order valence-electron chi connectivity index (χ3n) is 3.38. The summed E-state index contributed by atoms with van der Waals surface area (Å²) in [5.74, 6) is -1.27. The molecule has 2 atom stereocenters. The summed E-state index contributed by atoms with van der Waals surface area (Å²) in [5, 5.41) is 0. The molecular weight excluding hydrogens is 509 g/mol. The molecule has 0 saturated carbocycles. The van der Waals surface area contributed by atoms with Crippen molar-refractivity contribution in [3.8, 4) is 0 Å². The zero-order chi connectivity index (χ0) is 25.1. The van der Waals surface area contributed by atoms with Crippen LogP contribution in [0.1, 0.15) is 34.6 Å². The van der Waals surface area contributed by atoms with E-state index in [1.54, 1.807) is 34.8 Å². The Kier molecular flexibility index (Phi) is 24.6. The molecule has 0 amide bonds. The molecule has 2 unspecified atom stereocenters. The average molecular weight is 547 g/mol. The van der Waals surface area contributed by atoms with Gasteiger partial charge in [0.05, 0.1) is 32.5 Å². The molecule has 0 heterocycles. The Balaban J connectivity index is -0.000000545. The van der Waals surface area contributed by atoms with E-state index in [9.17, 15) is 14.4 Å². The predicted octanol–water partition coefficient (Wildman–Crippen LogP) is 2.78. The van der Waals surface area contributed by atoms with E-state index in [0.717, 1.165) is 0 Å². The van der Waals surface area contributed by atoms with E-state index in [2.05, 4.69) is 19.7 Å². The summed E-state index contributed by atoms with van der Waals surface area (Å²) in [6.45, 7) is 20.5. The third kappa shape index (κ3) is 23.6. The van der Waals surface area contributed by atoms with Crippen LogP contribution in [-0.2, 0) is 75.5 Å². The molecule has 0 aromatic rings. The molecule has 33 heavy (non-hydrogen) atoms. The minimum absolute atomic E-state index is 0. The smallest absolute Gasteiger partial charge is 0.333 e. The van der Waals surface area contributed by atoms with Gasteiger partial charge in [-0.2, -0.15) is 0 Å². The molecule has 9 nitrogen and oxygen atoms in total. The molecule has 0 aromatic heterocycles. The van der Waals surface area contributed by atoms with Crippen molar-refractivity contribution in [3.63, 3.8) is 0 Å². The molecule has 0 N–H and O–H groups in total. The first kappa shape index (κ1) is 36.2. The number of carbonyl (C=O) groups excluding carboxylic acids is 3. The maximum atomic E-state index is 11.2. The summed E-state index contributed by atoms with van der Waals surface area (Å²) in [7, 11) is 1.62. The molecular formula is C23H38O9Y. The maximum Gasteiger partial charge on any atom is 0.333 e. The minimum Gasteiger partial charge on any atom is -0.460 e. The number of ether oxygens (including phenoxy) is 6. The zero-order valence-electron chi connectivity index (χ0n) is 20.8. The van der Waals surface area contributed by atoms with Gasteiger partial charge in [-0.05, 0) is 34.6 Å². The van der Waals surface area contributed by atoms with Crippen LogP contribution in [0.25, 0.3) is 0 Å². The second-order valence-corrected chi connectivity index (χ2v) is 7.02. The van der Waals surface area contributed by atoms with E-state index in [0.29, 0.717) is 29.9 Å². The van der Waals surface area contributed by atoms with Gasteiger partial charge in [0.2, 0.25) is 0 Å². The van der Waals surface area contributed by atoms with Crippen LogP contribution < -0.4 is 0 Å². The van der Waals surface area contributed by atoms with Crippen LogP contribution in [0.5, 0.6) is 0 Å². The van der Waals surface area contributed by atoms with E-state index in [4.69, 9.17) is 28.4 Å². The van der Waals surface area contributed by atoms with Crippen molar-refractivity contribution in [1.29, 1.82) is 0 Å². The number of hydrogen-bond acceptors (Lipinski definition) is 9. The van der Waals surface area contributed by atoms with E-state index < -0.39 is 11.9 Å². The number of esters is 3. The molecule has 0 aliphatic rings. The molecule has 0 aromatic carbocycles. The van der Waals surface area contributed by atoms with Crippen molar-refractivity contribution >= 4 is 17.9 Å². The molecule has 10 heteroatoms. The average Bonchev–Trinajstić information content (AvgIpc) is 2.72. The quantitative estimate of drug-likeness (QED) is 0.132. The summed E-state index contributed by atoms with van der Waals surface area (Å²) in [4.78, 5) is 33.0. The fourth-order valence-electron chi connectivity index (χ4n) is 1.52. The third-order valence-corrected chi connectivity index (χ3v) is 3.38. The van der Waals surface area contributed by atoms with Crippen molar-refractivity contribution in [2.75, 3.05) is 46.8 Å². The zero-order valence-corrected chi connectivity index (χ0v) is 23.6. The molecule has 1 radical (unpaired) electrons. The second-order valence-electron chi connectivity index (χ2n) is 7.02.